The second kappa shape index (κ2) is 9.74. The van der Waals surface area contributed by atoms with Crippen LogP contribution in [0.1, 0.15) is 34.7 Å². The minimum Gasteiger partial charge on any atom is -0.505 e. The maximum atomic E-state index is 15.3. The first-order chi connectivity index (χ1) is 16.0. The summed E-state index contributed by atoms with van der Waals surface area (Å²) in [6.07, 6.45) is 0.694. The Morgan fingerprint density at radius 2 is 1.82 bits per heavy atom. The first-order valence-corrected chi connectivity index (χ1v) is 10.2. The Labute approximate surface area is 193 Å². The number of hydrogen-bond donors (Lipinski definition) is 4. The van der Waals surface area contributed by atoms with Crippen molar-refractivity contribution in [1.29, 1.82) is 0 Å². The van der Waals surface area contributed by atoms with Crippen LogP contribution in [0, 0.1) is 6.92 Å². The summed E-state index contributed by atoms with van der Waals surface area (Å²) in [6, 6.07) is 10.2. The molecule has 10 heteroatoms. The smallest absolute Gasteiger partial charge is 0.319 e. The highest BCUT2D eigenvalue weighted by Crippen LogP contribution is 2.38. The van der Waals surface area contributed by atoms with Crippen LogP contribution in [-0.2, 0) is 17.8 Å². The Balaban J connectivity index is 1.91. The van der Waals surface area contributed by atoms with Crippen LogP contribution >= 0.6 is 0 Å². The summed E-state index contributed by atoms with van der Waals surface area (Å²) >= 11 is 0. The molecule has 4 N–H and O–H groups in total. The fourth-order valence-corrected chi connectivity index (χ4v) is 3.50. The van der Waals surface area contributed by atoms with Gasteiger partial charge >= 0.3 is 12.0 Å². The molecule has 1 heterocycles. The number of halogens is 2. The van der Waals surface area contributed by atoms with Gasteiger partial charge in [-0.15, -0.1) is 0 Å². The van der Waals surface area contributed by atoms with Crippen molar-refractivity contribution in [3.05, 3.63) is 93.4 Å². The maximum Gasteiger partial charge on any atom is 0.319 e. The number of rotatable bonds is 7. The van der Waals surface area contributed by atoms with Crippen LogP contribution in [-0.4, -0.2) is 26.8 Å². The second-order valence-corrected chi connectivity index (χ2v) is 7.76. The molecule has 0 saturated heterocycles. The van der Waals surface area contributed by atoms with Crippen LogP contribution in [0.3, 0.4) is 0 Å². The maximum absolute atomic E-state index is 15.3. The van der Waals surface area contributed by atoms with Crippen LogP contribution in [0.4, 0.5) is 19.3 Å². The molecule has 3 rings (SSSR count). The Kier molecular flexibility index (Phi) is 7.00. The Morgan fingerprint density at radius 1 is 1.12 bits per heavy atom. The van der Waals surface area contributed by atoms with Gasteiger partial charge in [0, 0.05) is 24.4 Å². The average Bonchev–Trinajstić information content (AvgIpc) is 2.79. The quantitative estimate of drug-likeness (QED) is 0.417. The number of carbonyl (C=O) groups is 2. The molecule has 0 saturated carbocycles. The summed E-state index contributed by atoms with van der Waals surface area (Å²) in [6.45, 7) is 1.56. The van der Waals surface area contributed by atoms with E-state index in [-0.39, 0.29) is 16.7 Å². The van der Waals surface area contributed by atoms with Crippen molar-refractivity contribution >= 4 is 17.7 Å². The lowest BCUT2D eigenvalue weighted by atomic mass is 9.93. The van der Waals surface area contributed by atoms with Gasteiger partial charge in [-0.1, -0.05) is 42.5 Å². The third-order valence-corrected chi connectivity index (χ3v) is 5.30. The number of carboxylic acids is 1. The number of aliphatic carboxylic acids is 1. The molecule has 0 bridgehead atoms. The molecule has 0 unspecified atom stereocenters. The number of aromatic hydroxyl groups is 1. The summed E-state index contributed by atoms with van der Waals surface area (Å²) in [5.41, 5.74) is -1.13. The van der Waals surface area contributed by atoms with Gasteiger partial charge < -0.3 is 25.4 Å². The highest BCUT2D eigenvalue weighted by molar-refractivity contribution is 5.91. The molecule has 34 heavy (non-hydrogen) atoms. The van der Waals surface area contributed by atoms with E-state index in [1.165, 1.54) is 49.6 Å². The van der Waals surface area contributed by atoms with Gasteiger partial charge in [0.05, 0.1) is 12.5 Å². The third-order valence-electron chi connectivity index (χ3n) is 5.30. The zero-order chi connectivity index (χ0) is 25.0. The van der Waals surface area contributed by atoms with Crippen molar-refractivity contribution in [2.45, 2.75) is 25.3 Å². The van der Waals surface area contributed by atoms with Crippen molar-refractivity contribution in [3.63, 3.8) is 0 Å². The fourth-order valence-electron chi connectivity index (χ4n) is 3.50. The lowest BCUT2D eigenvalue weighted by Crippen LogP contribution is -2.36. The number of hydrogen-bond acceptors (Lipinski definition) is 4. The van der Waals surface area contributed by atoms with Crippen LogP contribution in [0.15, 0.2) is 65.6 Å². The number of pyridine rings is 1. The van der Waals surface area contributed by atoms with Gasteiger partial charge in [0.1, 0.15) is 5.75 Å². The Bertz CT molecular complexity index is 1290. The summed E-state index contributed by atoms with van der Waals surface area (Å²) in [5.74, 6) is -5.12. The van der Waals surface area contributed by atoms with E-state index < -0.39 is 47.4 Å². The largest absolute Gasteiger partial charge is 0.505 e. The van der Waals surface area contributed by atoms with Crippen LogP contribution in [0.5, 0.6) is 5.75 Å². The number of amides is 2. The molecule has 0 aliphatic rings. The number of nitrogens with zero attached hydrogens (tertiary/aromatic N) is 1. The van der Waals surface area contributed by atoms with Gasteiger partial charge in [0.15, 0.2) is 5.69 Å². The number of carbonyl (C=O) groups excluding carboxylic acids is 1. The standard InChI is InChI=1S/C24H23F2N3O5/c1-14-6-3-4-9-17(14)24(25,26)16-8-5-7-15(12-16)18(13-20(31)32)27-23(34)28-21-19(30)10-11-29(2)22(21)33/h3-12,18,30H,13H2,1-2H3,(H,31,32)(H2,27,28,34)/t18-/m1/s1. The van der Waals surface area contributed by atoms with Gasteiger partial charge in [0.2, 0.25) is 0 Å². The zero-order valence-corrected chi connectivity index (χ0v) is 18.4. The van der Waals surface area contributed by atoms with Gasteiger partial charge in [-0.2, -0.15) is 8.78 Å². The van der Waals surface area contributed by atoms with Gasteiger partial charge in [-0.25, -0.2) is 4.79 Å². The van der Waals surface area contributed by atoms with E-state index in [9.17, 15) is 24.6 Å². The normalized spacial score (nSPS) is 12.1. The lowest BCUT2D eigenvalue weighted by molar-refractivity contribution is -0.137. The number of nitrogens with one attached hydrogen (secondary N) is 2. The summed E-state index contributed by atoms with van der Waals surface area (Å²) in [7, 11) is 1.41. The number of aromatic nitrogens is 1. The lowest BCUT2D eigenvalue weighted by Gasteiger charge is -2.22. The molecule has 2 amide bonds. The summed E-state index contributed by atoms with van der Waals surface area (Å²) < 4.78 is 31.6. The van der Waals surface area contributed by atoms with E-state index in [0.29, 0.717) is 5.56 Å². The number of aryl methyl sites for hydroxylation is 2. The molecule has 0 aliphatic heterocycles. The van der Waals surface area contributed by atoms with Gasteiger partial charge in [0.25, 0.3) is 11.5 Å². The number of alkyl halides is 2. The van der Waals surface area contributed by atoms with E-state index in [4.69, 9.17) is 0 Å². The van der Waals surface area contributed by atoms with E-state index >= 15 is 8.78 Å². The minimum absolute atomic E-state index is 0.133. The molecule has 1 atom stereocenters. The van der Waals surface area contributed by atoms with Crippen molar-refractivity contribution in [2.75, 3.05) is 5.32 Å². The average molecular weight is 471 g/mol. The Hall–Kier alpha value is -4.21. The molecule has 2 aromatic carbocycles. The first kappa shape index (κ1) is 24.4. The number of anilines is 1. The third kappa shape index (κ3) is 5.22. The molecule has 0 spiro atoms. The van der Waals surface area contributed by atoms with Crippen LogP contribution < -0.4 is 16.2 Å². The fraction of sp³-hybridized carbons (Fsp3) is 0.208. The van der Waals surface area contributed by atoms with Gasteiger partial charge in [-0.3, -0.25) is 9.59 Å². The van der Waals surface area contributed by atoms with E-state index in [0.717, 1.165) is 10.6 Å². The molecule has 0 radical (unpaired) electrons. The number of urea groups is 1. The summed E-state index contributed by atoms with van der Waals surface area (Å²) in [4.78, 5) is 36.1. The van der Waals surface area contributed by atoms with Gasteiger partial charge in [-0.05, 0) is 30.2 Å². The minimum atomic E-state index is -3.36. The van der Waals surface area contributed by atoms with Crippen molar-refractivity contribution in [1.82, 2.24) is 9.88 Å². The molecule has 1 aromatic heterocycles. The summed E-state index contributed by atoms with van der Waals surface area (Å²) in [5, 5.41) is 23.8. The predicted molar refractivity (Wildman–Crippen MR) is 121 cm³/mol. The van der Waals surface area contributed by atoms with Crippen molar-refractivity contribution in [3.8, 4) is 5.75 Å². The molecule has 8 nitrogen and oxygen atoms in total. The predicted octanol–water partition coefficient (Wildman–Crippen LogP) is 3.88. The molecular weight excluding hydrogens is 448 g/mol. The van der Waals surface area contributed by atoms with Crippen LogP contribution in [0.2, 0.25) is 0 Å². The van der Waals surface area contributed by atoms with Crippen molar-refractivity contribution in [2.24, 2.45) is 7.05 Å². The van der Waals surface area contributed by atoms with Crippen molar-refractivity contribution < 1.29 is 28.6 Å². The number of benzene rings is 2. The highest BCUT2D eigenvalue weighted by atomic mass is 19.3. The second-order valence-electron chi connectivity index (χ2n) is 7.76. The molecular formula is C24H23F2N3O5. The van der Waals surface area contributed by atoms with E-state index in [2.05, 4.69) is 10.6 Å². The van der Waals surface area contributed by atoms with Crippen LogP contribution in [0.25, 0.3) is 0 Å². The SMILES string of the molecule is Cc1ccccc1C(F)(F)c1cccc([C@@H](CC(=O)O)NC(=O)Nc2c(O)ccn(C)c2=O)c1. The zero-order valence-electron chi connectivity index (χ0n) is 18.4. The molecule has 178 valence electrons. The highest BCUT2D eigenvalue weighted by Gasteiger charge is 2.36. The molecule has 0 aliphatic carbocycles. The Morgan fingerprint density at radius 3 is 2.50 bits per heavy atom. The molecule has 0 fully saturated rings. The topological polar surface area (TPSA) is 121 Å². The van der Waals surface area contributed by atoms with E-state index in [1.54, 1.807) is 19.1 Å². The number of carboxylic acid groups (broad SMARTS) is 1. The monoisotopic (exact) mass is 471 g/mol. The van der Waals surface area contributed by atoms with E-state index in [1.807, 2.05) is 0 Å². The molecule has 3 aromatic rings. The first-order valence-electron chi connectivity index (χ1n) is 10.2.